The first kappa shape index (κ1) is 18.9. The number of sulfonamides is 1. The molecule has 1 aliphatic heterocycles. The number of hydrogen-bond donors (Lipinski definition) is 1. The third-order valence-corrected chi connectivity index (χ3v) is 7.21. The molecule has 2 aromatic carbocycles. The summed E-state index contributed by atoms with van der Waals surface area (Å²) in [7, 11) is -2.23. The van der Waals surface area contributed by atoms with Crippen LogP contribution in [0.4, 0.5) is 11.4 Å². The molecular weight excluding hydrogens is 398 g/mol. The first-order valence-electron chi connectivity index (χ1n) is 8.91. The van der Waals surface area contributed by atoms with E-state index in [4.69, 9.17) is 4.42 Å². The molecule has 1 saturated heterocycles. The van der Waals surface area contributed by atoms with Gasteiger partial charge in [-0.3, -0.25) is 9.29 Å². The van der Waals surface area contributed by atoms with E-state index in [-0.39, 0.29) is 10.5 Å². The van der Waals surface area contributed by atoms with Crippen LogP contribution in [0.5, 0.6) is 0 Å². The van der Waals surface area contributed by atoms with Crippen LogP contribution in [0.2, 0.25) is 0 Å². The van der Waals surface area contributed by atoms with E-state index >= 15 is 0 Å². The van der Waals surface area contributed by atoms with Crippen molar-refractivity contribution in [2.24, 2.45) is 7.05 Å². The molecule has 28 heavy (non-hydrogen) atoms. The summed E-state index contributed by atoms with van der Waals surface area (Å²) in [5.74, 6) is 1.68. The second-order valence-electron chi connectivity index (χ2n) is 6.76. The monoisotopic (exact) mass is 419 g/mol. The zero-order valence-corrected chi connectivity index (χ0v) is 17.3. The highest BCUT2D eigenvalue weighted by Crippen LogP contribution is 2.27. The number of thioether (sulfide) groups is 1. The van der Waals surface area contributed by atoms with E-state index in [0.717, 1.165) is 35.8 Å². The average Bonchev–Trinajstić information content (AvgIpc) is 2.97. The highest BCUT2D eigenvalue weighted by molar-refractivity contribution is 7.99. The fraction of sp³-hybridized carbons (Fsp3) is 0.316. The van der Waals surface area contributed by atoms with Crippen LogP contribution in [0, 0.1) is 6.92 Å². The Bertz CT molecular complexity index is 1190. The fourth-order valence-electron chi connectivity index (χ4n) is 3.27. The van der Waals surface area contributed by atoms with Gasteiger partial charge in [-0.15, -0.1) is 0 Å². The number of nitrogens with one attached hydrogen (secondary N) is 1. The number of aryl methyl sites for hydroxylation is 2. The van der Waals surface area contributed by atoms with E-state index in [1.165, 1.54) is 16.7 Å². The molecule has 0 spiro atoms. The molecule has 1 N–H and O–H groups in total. The summed E-state index contributed by atoms with van der Waals surface area (Å²) in [4.78, 5) is 14.0. The van der Waals surface area contributed by atoms with Gasteiger partial charge in [0, 0.05) is 43.4 Å². The molecule has 0 bridgehead atoms. The molecule has 0 unspecified atom stereocenters. The van der Waals surface area contributed by atoms with Gasteiger partial charge in [-0.25, -0.2) is 13.2 Å². The van der Waals surface area contributed by atoms with Crippen LogP contribution >= 0.6 is 11.8 Å². The molecule has 7 nitrogen and oxygen atoms in total. The third-order valence-electron chi connectivity index (χ3n) is 4.90. The summed E-state index contributed by atoms with van der Waals surface area (Å²) >= 11 is 1.95. The van der Waals surface area contributed by atoms with Gasteiger partial charge in [0.2, 0.25) is 0 Å². The molecule has 1 aliphatic rings. The van der Waals surface area contributed by atoms with Crippen molar-refractivity contribution >= 4 is 44.3 Å². The Balaban J connectivity index is 1.61. The van der Waals surface area contributed by atoms with Gasteiger partial charge in [0.15, 0.2) is 5.58 Å². The molecule has 0 radical (unpaired) electrons. The van der Waals surface area contributed by atoms with Crippen LogP contribution in [0.25, 0.3) is 11.1 Å². The minimum atomic E-state index is -3.81. The smallest absolute Gasteiger partial charge is 0.408 e. The number of oxazole rings is 1. The lowest BCUT2D eigenvalue weighted by Gasteiger charge is -2.29. The normalized spacial score (nSPS) is 15.1. The van der Waals surface area contributed by atoms with Crippen molar-refractivity contribution in [2.45, 2.75) is 11.8 Å². The predicted octanol–water partition coefficient (Wildman–Crippen LogP) is 2.79. The fourth-order valence-corrected chi connectivity index (χ4v) is 5.31. The Morgan fingerprint density at radius 3 is 2.57 bits per heavy atom. The predicted molar refractivity (Wildman–Crippen MR) is 113 cm³/mol. The lowest BCUT2D eigenvalue weighted by molar-refractivity contribution is 0.527. The molecule has 1 aromatic heterocycles. The highest BCUT2D eigenvalue weighted by atomic mass is 32.2. The van der Waals surface area contributed by atoms with Crippen LogP contribution in [0.15, 0.2) is 50.5 Å². The van der Waals surface area contributed by atoms with Crippen molar-refractivity contribution in [2.75, 3.05) is 34.2 Å². The maximum Gasteiger partial charge on any atom is 0.419 e. The van der Waals surface area contributed by atoms with Crippen LogP contribution in [0.1, 0.15) is 5.56 Å². The number of nitrogens with zero attached hydrogens (tertiary/aromatic N) is 2. The topological polar surface area (TPSA) is 84.6 Å². The first-order chi connectivity index (χ1) is 13.3. The molecular formula is C19H21N3O4S2. The summed E-state index contributed by atoms with van der Waals surface area (Å²) in [5, 5.41) is 0. The van der Waals surface area contributed by atoms with Crippen LogP contribution in [-0.2, 0) is 17.1 Å². The Morgan fingerprint density at radius 2 is 1.86 bits per heavy atom. The molecule has 3 aromatic rings. The molecule has 0 saturated carbocycles. The van der Waals surface area contributed by atoms with E-state index in [9.17, 15) is 13.2 Å². The number of rotatable bonds is 4. The summed E-state index contributed by atoms with van der Waals surface area (Å²) in [6.45, 7) is 3.88. The van der Waals surface area contributed by atoms with Gasteiger partial charge in [-0.2, -0.15) is 11.8 Å². The zero-order valence-electron chi connectivity index (χ0n) is 15.6. The minimum absolute atomic E-state index is 0.0471. The molecule has 4 rings (SSSR count). The Morgan fingerprint density at radius 1 is 1.11 bits per heavy atom. The summed E-state index contributed by atoms with van der Waals surface area (Å²) in [6, 6.07) is 10.2. The molecule has 0 atom stereocenters. The molecule has 0 aliphatic carbocycles. The molecule has 9 heteroatoms. The largest absolute Gasteiger partial charge is 0.419 e. The van der Waals surface area contributed by atoms with E-state index < -0.39 is 15.8 Å². The number of fused-ring (bicyclic) bond motifs is 1. The second kappa shape index (κ2) is 7.21. The van der Waals surface area contributed by atoms with E-state index in [0.29, 0.717) is 11.2 Å². The Labute approximate surface area is 167 Å². The van der Waals surface area contributed by atoms with Crippen LogP contribution in [-0.4, -0.2) is 37.6 Å². The number of benzene rings is 2. The van der Waals surface area contributed by atoms with Gasteiger partial charge < -0.3 is 9.32 Å². The van der Waals surface area contributed by atoms with Gasteiger partial charge in [0.05, 0.1) is 16.1 Å². The van der Waals surface area contributed by atoms with Crippen LogP contribution < -0.4 is 15.4 Å². The number of hydrogen-bond acceptors (Lipinski definition) is 6. The van der Waals surface area contributed by atoms with Crippen LogP contribution in [0.3, 0.4) is 0 Å². The molecule has 148 valence electrons. The Kier molecular flexibility index (Phi) is 4.88. The molecule has 0 amide bonds. The van der Waals surface area contributed by atoms with Gasteiger partial charge in [-0.1, -0.05) is 0 Å². The highest BCUT2D eigenvalue weighted by Gasteiger charge is 2.19. The van der Waals surface area contributed by atoms with Crippen molar-refractivity contribution < 1.29 is 12.8 Å². The van der Waals surface area contributed by atoms with Gasteiger partial charge in [0.25, 0.3) is 10.0 Å². The SMILES string of the molecule is Cc1cc(N2CCSCC2)ccc1NS(=O)(=O)c1ccc2c(c1)oc(=O)n2C. The standard InChI is InChI=1S/C19H21N3O4S2/c1-13-11-14(22-7-9-27-10-8-22)3-5-16(13)20-28(24,25)15-4-6-17-18(12-15)26-19(23)21(17)2/h3-6,11-12,20H,7-10H2,1-2H3. The van der Waals surface area contributed by atoms with E-state index in [2.05, 4.69) is 9.62 Å². The minimum Gasteiger partial charge on any atom is -0.408 e. The van der Waals surface area contributed by atoms with E-state index in [1.807, 2.05) is 30.8 Å². The molecule has 1 fully saturated rings. The van der Waals surface area contributed by atoms with Gasteiger partial charge >= 0.3 is 5.76 Å². The van der Waals surface area contributed by atoms with Crippen molar-refractivity contribution in [3.8, 4) is 0 Å². The maximum absolute atomic E-state index is 12.8. The lowest BCUT2D eigenvalue weighted by Crippen LogP contribution is -2.32. The lowest BCUT2D eigenvalue weighted by atomic mass is 10.1. The zero-order chi connectivity index (χ0) is 19.9. The van der Waals surface area contributed by atoms with Gasteiger partial charge in [0.1, 0.15) is 0 Å². The first-order valence-corrected chi connectivity index (χ1v) is 11.5. The average molecular weight is 420 g/mol. The van der Waals surface area contributed by atoms with Crippen molar-refractivity contribution in [3.63, 3.8) is 0 Å². The summed E-state index contributed by atoms with van der Waals surface area (Å²) in [5.41, 5.74) is 3.28. The molecule has 2 heterocycles. The quantitative estimate of drug-likeness (QED) is 0.700. The summed E-state index contributed by atoms with van der Waals surface area (Å²) < 4.78 is 34.7. The van der Waals surface area contributed by atoms with Gasteiger partial charge in [-0.05, 0) is 42.8 Å². The van der Waals surface area contributed by atoms with Crippen molar-refractivity contribution in [1.29, 1.82) is 0 Å². The third kappa shape index (κ3) is 3.51. The number of anilines is 2. The second-order valence-corrected chi connectivity index (χ2v) is 9.67. The van der Waals surface area contributed by atoms with E-state index in [1.54, 1.807) is 19.2 Å². The Hall–Kier alpha value is -2.39. The van der Waals surface area contributed by atoms with Crippen molar-refractivity contribution in [3.05, 3.63) is 52.5 Å². The maximum atomic E-state index is 12.8. The van der Waals surface area contributed by atoms with Crippen molar-refractivity contribution in [1.82, 2.24) is 4.57 Å². The number of aromatic nitrogens is 1. The summed E-state index contributed by atoms with van der Waals surface area (Å²) in [6.07, 6.45) is 0.